The summed E-state index contributed by atoms with van der Waals surface area (Å²) in [5, 5.41) is 0. The molecule has 0 aliphatic rings. The summed E-state index contributed by atoms with van der Waals surface area (Å²) in [5.41, 5.74) is 7.29. The van der Waals surface area contributed by atoms with E-state index < -0.39 is 11.6 Å². The molecule has 3 nitrogen and oxygen atoms in total. The molecule has 1 heterocycles. The summed E-state index contributed by atoms with van der Waals surface area (Å²) in [4.78, 5) is 8.54. The average Bonchev–Trinajstić information content (AvgIpc) is 2.30. The van der Waals surface area contributed by atoms with Crippen LogP contribution in [0.3, 0.4) is 0 Å². The lowest BCUT2D eigenvalue weighted by Crippen LogP contribution is -2.06. The number of hydrogen-bond donors (Lipinski definition) is 1. The van der Waals surface area contributed by atoms with E-state index in [2.05, 4.69) is 9.97 Å². The van der Waals surface area contributed by atoms with Gasteiger partial charge in [-0.05, 0) is 19.1 Å². The Bertz CT molecular complexity index is 604. The molecule has 0 bridgehead atoms. The molecule has 0 fully saturated rings. The highest BCUT2D eigenvalue weighted by Crippen LogP contribution is 2.27. The van der Waals surface area contributed by atoms with E-state index in [1.54, 1.807) is 6.92 Å². The molecule has 0 saturated heterocycles. The van der Waals surface area contributed by atoms with Crippen LogP contribution in [0.4, 0.5) is 14.6 Å². The van der Waals surface area contributed by atoms with Gasteiger partial charge in [0.2, 0.25) is 0 Å². The summed E-state index contributed by atoms with van der Waals surface area (Å²) in [6.45, 7) is 5.59. The molecule has 2 aromatic rings. The van der Waals surface area contributed by atoms with Crippen LogP contribution in [0, 0.1) is 18.6 Å². The predicted octanol–water partition coefficient (Wildman–Crippen LogP) is 3.44. The van der Waals surface area contributed by atoms with Gasteiger partial charge in [-0.2, -0.15) is 0 Å². The lowest BCUT2D eigenvalue weighted by molar-refractivity contribution is 0.584. The van der Waals surface area contributed by atoms with Gasteiger partial charge >= 0.3 is 0 Å². The van der Waals surface area contributed by atoms with Crippen molar-refractivity contribution in [3.63, 3.8) is 0 Å². The van der Waals surface area contributed by atoms with E-state index in [1.165, 1.54) is 12.1 Å². The van der Waals surface area contributed by atoms with Gasteiger partial charge in [0.25, 0.3) is 0 Å². The molecule has 2 rings (SSSR count). The van der Waals surface area contributed by atoms with Crippen LogP contribution in [0.1, 0.15) is 31.2 Å². The number of benzene rings is 1. The van der Waals surface area contributed by atoms with Gasteiger partial charge in [-0.3, -0.25) is 0 Å². The molecule has 0 aliphatic carbocycles. The van der Waals surface area contributed by atoms with E-state index in [0.29, 0.717) is 28.5 Å². The first-order valence-electron chi connectivity index (χ1n) is 5.99. The van der Waals surface area contributed by atoms with Crippen molar-refractivity contribution in [2.45, 2.75) is 26.7 Å². The van der Waals surface area contributed by atoms with Crippen molar-refractivity contribution in [1.82, 2.24) is 9.97 Å². The van der Waals surface area contributed by atoms with Crippen molar-refractivity contribution in [2.75, 3.05) is 5.73 Å². The summed E-state index contributed by atoms with van der Waals surface area (Å²) in [6, 6.07) is 3.30. The van der Waals surface area contributed by atoms with Gasteiger partial charge in [-0.25, -0.2) is 18.7 Å². The van der Waals surface area contributed by atoms with E-state index in [0.717, 1.165) is 6.07 Å². The Morgan fingerprint density at radius 2 is 1.63 bits per heavy atom. The highest BCUT2D eigenvalue weighted by Gasteiger charge is 2.14. The van der Waals surface area contributed by atoms with E-state index in [1.807, 2.05) is 13.8 Å². The Hall–Kier alpha value is -2.04. The Morgan fingerprint density at radius 1 is 1.05 bits per heavy atom. The first kappa shape index (κ1) is 13.4. The van der Waals surface area contributed by atoms with Crippen molar-refractivity contribution < 1.29 is 8.78 Å². The third-order valence-electron chi connectivity index (χ3n) is 2.85. The first-order valence-corrected chi connectivity index (χ1v) is 5.99. The van der Waals surface area contributed by atoms with Crippen LogP contribution in [-0.2, 0) is 0 Å². The number of hydrogen-bond acceptors (Lipinski definition) is 3. The molecule has 0 radical (unpaired) electrons. The quantitative estimate of drug-likeness (QED) is 0.903. The number of rotatable bonds is 2. The number of halogens is 2. The molecule has 0 amide bonds. The zero-order valence-electron chi connectivity index (χ0n) is 11.0. The third-order valence-corrected chi connectivity index (χ3v) is 2.85. The molecule has 2 N–H and O–H groups in total. The number of nitrogen functional groups attached to an aromatic ring is 1. The number of aromatic nitrogens is 2. The van der Waals surface area contributed by atoms with Gasteiger partial charge in [0.05, 0.1) is 5.69 Å². The fraction of sp³-hybridized carbons (Fsp3) is 0.286. The van der Waals surface area contributed by atoms with Crippen molar-refractivity contribution >= 4 is 5.82 Å². The molecule has 5 heteroatoms. The molecule has 100 valence electrons. The fourth-order valence-corrected chi connectivity index (χ4v) is 1.78. The van der Waals surface area contributed by atoms with Gasteiger partial charge in [0, 0.05) is 23.1 Å². The molecule has 0 aliphatic heterocycles. The second kappa shape index (κ2) is 4.91. The molecule has 1 aromatic heterocycles. The van der Waals surface area contributed by atoms with Crippen molar-refractivity contribution in [1.29, 1.82) is 0 Å². The maximum Gasteiger partial charge on any atom is 0.133 e. The van der Waals surface area contributed by atoms with E-state index in [4.69, 9.17) is 5.73 Å². The van der Waals surface area contributed by atoms with Crippen LogP contribution in [0.25, 0.3) is 11.3 Å². The Kier molecular flexibility index (Phi) is 3.46. The van der Waals surface area contributed by atoms with Gasteiger partial charge in [-0.15, -0.1) is 0 Å². The van der Waals surface area contributed by atoms with Crippen LogP contribution >= 0.6 is 0 Å². The summed E-state index contributed by atoms with van der Waals surface area (Å²) in [6.07, 6.45) is 0. The van der Waals surface area contributed by atoms with Crippen molar-refractivity contribution in [2.24, 2.45) is 0 Å². The summed E-state index contributed by atoms with van der Waals surface area (Å²) >= 11 is 0. The van der Waals surface area contributed by atoms with Gasteiger partial charge in [-0.1, -0.05) is 13.8 Å². The zero-order chi connectivity index (χ0) is 14.2. The van der Waals surface area contributed by atoms with Crippen molar-refractivity contribution in [3.8, 4) is 11.3 Å². The molecule has 0 spiro atoms. The Labute approximate surface area is 110 Å². The first-order chi connectivity index (χ1) is 8.88. The normalized spacial score (nSPS) is 11.1. The number of nitrogens with two attached hydrogens (primary N) is 1. The van der Waals surface area contributed by atoms with Crippen LogP contribution in [0.5, 0.6) is 0 Å². The summed E-state index contributed by atoms with van der Waals surface area (Å²) in [5.74, 6) is -0.309. The Balaban J connectivity index is 2.66. The topological polar surface area (TPSA) is 51.8 Å². The fourth-order valence-electron chi connectivity index (χ4n) is 1.78. The minimum Gasteiger partial charge on any atom is -0.383 e. The van der Waals surface area contributed by atoms with Crippen LogP contribution in [-0.4, -0.2) is 9.97 Å². The highest BCUT2D eigenvalue weighted by molar-refractivity contribution is 5.67. The molecule has 19 heavy (non-hydrogen) atoms. The predicted molar refractivity (Wildman–Crippen MR) is 70.6 cm³/mol. The largest absolute Gasteiger partial charge is 0.383 e. The maximum absolute atomic E-state index is 13.3. The summed E-state index contributed by atoms with van der Waals surface area (Å²) in [7, 11) is 0. The maximum atomic E-state index is 13.3. The van der Waals surface area contributed by atoms with Gasteiger partial charge in [0.1, 0.15) is 23.3 Å². The number of nitrogens with zero attached hydrogens (tertiary/aromatic N) is 2. The Morgan fingerprint density at radius 3 is 2.16 bits per heavy atom. The molecule has 0 saturated carbocycles. The molecule has 0 unspecified atom stereocenters. The standard InChI is InChI=1S/C14H15F2N3/c1-7(2)14-18-12(8(3)13(17)19-14)9-4-10(15)6-11(16)5-9/h4-7H,1-3H3,(H2,17,18,19). The van der Waals surface area contributed by atoms with E-state index in [-0.39, 0.29) is 5.92 Å². The highest BCUT2D eigenvalue weighted by atomic mass is 19.1. The van der Waals surface area contributed by atoms with Crippen molar-refractivity contribution in [3.05, 3.63) is 41.2 Å². The SMILES string of the molecule is Cc1c(N)nc(C(C)C)nc1-c1cc(F)cc(F)c1. The second-order valence-corrected chi connectivity index (χ2v) is 4.75. The monoisotopic (exact) mass is 263 g/mol. The lowest BCUT2D eigenvalue weighted by Gasteiger charge is -2.12. The third kappa shape index (κ3) is 2.70. The molecule has 1 aromatic carbocycles. The minimum atomic E-state index is -0.641. The average molecular weight is 263 g/mol. The second-order valence-electron chi connectivity index (χ2n) is 4.75. The smallest absolute Gasteiger partial charge is 0.133 e. The lowest BCUT2D eigenvalue weighted by atomic mass is 10.1. The van der Waals surface area contributed by atoms with Crippen LogP contribution < -0.4 is 5.73 Å². The van der Waals surface area contributed by atoms with Crippen LogP contribution in [0.15, 0.2) is 18.2 Å². The van der Waals surface area contributed by atoms with Gasteiger partial charge in [0.15, 0.2) is 0 Å². The minimum absolute atomic E-state index is 0.0834. The van der Waals surface area contributed by atoms with Gasteiger partial charge < -0.3 is 5.73 Å². The molecular weight excluding hydrogens is 248 g/mol. The number of anilines is 1. The molecule has 0 atom stereocenters. The summed E-state index contributed by atoms with van der Waals surface area (Å²) < 4.78 is 26.6. The van der Waals surface area contributed by atoms with E-state index >= 15 is 0 Å². The van der Waals surface area contributed by atoms with E-state index in [9.17, 15) is 8.78 Å². The zero-order valence-corrected chi connectivity index (χ0v) is 11.0. The van der Waals surface area contributed by atoms with Crippen LogP contribution in [0.2, 0.25) is 0 Å². The molecular formula is C14H15F2N3.